The van der Waals surface area contributed by atoms with Crippen molar-refractivity contribution < 1.29 is 0 Å². The minimum Gasteiger partial charge on any atom is -0.271 e. The van der Waals surface area contributed by atoms with Crippen molar-refractivity contribution in [1.29, 1.82) is 0 Å². The molecule has 0 heterocycles. The van der Waals surface area contributed by atoms with Gasteiger partial charge in [-0.05, 0) is 24.1 Å². The second-order valence-corrected chi connectivity index (χ2v) is 3.56. The van der Waals surface area contributed by atoms with Crippen LogP contribution in [0.1, 0.15) is 23.6 Å². The summed E-state index contributed by atoms with van der Waals surface area (Å²) in [6.45, 7) is 1.99. The van der Waals surface area contributed by atoms with Crippen molar-refractivity contribution in [2.75, 3.05) is 0 Å². The lowest BCUT2D eigenvalue weighted by Crippen LogP contribution is -2.27. The first-order chi connectivity index (χ1) is 6.69. The van der Waals surface area contributed by atoms with Crippen LogP contribution in [0.25, 0.3) is 0 Å². The number of hydrogen-bond donors (Lipinski definition) is 2. The van der Waals surface area contributed by atoms with Crippen LogP contribution in [0.3, 0.4) is 0 Å². The van der Waals surface area contributed by atoms with Crippen molar-refractivity contribution in [3.05, 3.63) is 34.3 Å². The smallest absolute Gasteiger partial charge is 0.0583 e. The van der Waals surface area contributed by atoms with Crippen molar-refractivity contribution in [1.82, 2.24) is 5.43 Å². The molecular formula is C11H13ClN2. The molecule has 0 amide bonds. The van der Waals surface area contributed by atoms with Crippen LogP contribution in [-0.2, 0) is 0 Å². The van der Waals surface area contributed by atoms with E-state index in [1.165, 1.54) is 0 Å². The summed E-state index contributed by atoms with van der Waals surface area (Å²) in [6, 6.07) is 5.76. The Bertz CT molecular complexity index is 355. The molecule has 0 radical (unpaired) electrons. The van der Waals surface area contributed by atoms with Gasteiger partial charge in [-0.2, -0.15) is 0 Å². The Morgan fingerprint density at radius 1 is 1.64 bits per heavy atom. The number of nitrogens with two attached hydrogens (primary N) is 1. The molecule has 0 aliphatic heterocycles. The molecule has 0 saturated heterocycles. The molecule has 74 valence electrons. The molecule has 1 rings (SSSR count). The van der Waals surface area contributed by atoms with Crippen LogP contribution in [0.4, 0.5) is 0 Å². The average molecular weight is 209 g/mol. The molecule has 3 N–H and O–H groups in total. The number of hydrogen-bond acceptors (Lipinski definition) is 2. The molecule has 1 aromatic rings. The zero-order chi connectivity index (χ0) is 10.6. The third kappa shape index (κ3) is 2.49. The van der Waals surface area contributed by atoms with E-state index in [4.69, 9.17) is 23.9 Å². The Hall–Kier alpha value is -1.01. The zero-order valence-corrected chi connectivity index (χ0v) is 8.81. The minimum absolute atomic E-state index is 0.0758. The van der Waals surface area contributed by atoms with Gasteiger partial charge >= 0.3 is 0 Å². The third-order valence-electron chi connectivity index (χ3n) is 2.05. The molecule has 0 bridgehead atoms. The van der Waals surface area contributed by atoms with E-state index in [0.29, 0.717) is 11.4 Å². The lowest BCUT2D eigenvalue weighted by Gasteiger charge is -2.15. The predicted octanol–water partition coefficient (Wildman–Crippen LogP) is 2.18. The summed E-state index contributed by atoms with van der Waals surface area (Å²) in [7, 11) is 0. The maximum Gasteiger partial charge on any atom is 0.0583 e. The number of terminal acetylenes is 1. The molecule has 0 aromatic heterocycles. The zero-order valence-electron chi connectivity index (χ0n) is 8.05. The van der Waals surface area contributed by atoms with Gasteiger partial charge in [-0.25, -0.2) is 0 Å². The fourth-order valence-corrected chi connectivity index (χ4v) is 1.66. The van der Waals surface area contributed by atoms with E-state index in [-0.39, 0.29) is 6.04 Å². The monoisotopic (exact) mass is 208 g/mol. The quantitative estimate of drug-likeness (QED) is 0.454. The Balaban J connectivity index is 2.99. The highest BCUT2D eigenvalue weighted by atomic mass is 35.5. The first kappa shape index (κ1) is 11.1. The van der Waals surface area contributed by atoms with Crippen LogP contribution in [0.15, 0.2) is 18.2 Å². The Morgan fingerprint density at radius 3 is 2.86 bits per heavy atom. The lowest BCUT2D eigenvalue weighted by atomic mass is 10.0. The number of benzene rings is 1. The summed E-state index contributed by atoms with van der Waals surface area (Å²) in [5.74, 6) is 7.95. The maximum absolute atomic E-state index is 6.07. The Labute approximate surface area is 89.4 Å². The highest BCUT2D eigenvalue weighted by Gasteiger charge is 2.11. The van der Waals surface area contributed by atoms with Gasteiger partial charge in [0.25, 0.3) is 0 Å². The van der Waals surface area contributed by atoms with E-state index < -0.39 is 0 Å². The van der Waals surface area contributed by atoms with E-state index in [1.807, 2.05) is 25.1 Å². The highest BCUT2D eigenvalue weighted by Crippen LogP contribution is 2.25. The van der Waals surface area contributed by atoms with Crippen LogP contribution in [0.2, 0.25) is 5.02 Å². The summed E-state index contributed by atoms with van der Waals surface area (Å²) in [5, 5.41) is 0.697. The highest BCUT2D eigenvalue weighted by molar-refractivity contribution is 6.31. The number of halogens is 1. The van der Waals surface area contributed by atoms with E-state index in [0.717, 1.165) is 11.1 Å². The largest absolute Gasteiger partial charge is 0.271 e. The summed E-state index contributed by atoms with van der Waals surface area (Å²) in [5.41, 5.74) is 4.72. The average Bonchev–Trinajstić information content (AvgIpc) is 2.15. The molecule has 0 fully saturated rings. The van der Waals surface area contributed by atoms with Gasteiger partial charge in [0.2, 0.25) is 0 Å². The van der Waals surface area contributed by atoms with Crippen molar-refractivity contribution in [3.63, 3.8) is 0 Å². The SMILES string of the molecule is C#CCC(NN)c1ccc(C)cc1Cl. The van der Waals surface area contributed by atoms with Crippen LogP contribution in [0, 0.1) is 19.3 Å². The number of rotatable bonds is 3. The standard InChI is InChI=1S/C11H13ClN2/c1-3-4-11(14-13)9-6-5-8(2)7-10(9)12/h1,5-7,11,14H,4,13H2,2H3. The molecule has 2 nitrogen and oxygen atoms in total. The first-order valence-corrected chi connectivity index (χ1v) is 4.72. The Morgan fingerprint density at radius 2 is 2.36 bits per heavy atom. The first-order valence-electron chi connectivity index (χ1n) is 4.34. The molecule has 1 atom stereocenters. The molecular weight excluding hydrogens is 196 g/mol. The van der Waals surface area contributed by atoms with Gasteiger partial charge in [-0.3, -0.25) is 11.3 Å². The van der Waals surface area contributed by atoms with Crippen LogP contribution < -0.4 is 11.3 Å². The lowest BCUT2D eigenvalue weighted by molar-refractivity contribution is 0.568. The second-order valence-electron chi connectivity index (χ2n) is 3.15. The van der Waals surface area contributed by atoms with Gasteiger partial charge in [0.1, 0.15) is 0 Å². The maximum atomic E-state index is 6.07. The van der Waals surface area contributed by atoms with Gasteiger partial charge in [0.05, 0.1) is 6.04 Å². The normalized spacial score (nSPS) is 12.1. The second kappa shape index (κ2) is 5.02. The van der Waals surface area contributed by atoms with E-state index in [9.17, 15) is 0 Å². The summed E-state index contributed by atoms with van der Waals surface area (Å²) < 4.78 is 0. The molecule has 0 aliphatic carbocycles. The summed E-state index contributed by atoms with van der Waals surface area (Å²) in [4.78, 5) is 0. The van der Waals surface area contributed by atoms with Crippen LogP contribution in [0.5, 0.6) is 0 Å². The van der Waals surface area contributed by atoms with Gasteiger partial charge in [0, 0.05) is 11.4 Å². The molecule has 0 spiro atoms. The van der Waals surface area contributed by atoms with Crippen molar-refractivity contribution in [2.24, 2.45) is 5.84 Å². The Kier molecular flexibility index (Phi) is 3.97. The number of hydrazine groups is 1. The molecule has 1 unspecified atom stereocenters. The fourth-order valence-electron chi connectivity index (χ4n) is 1.29. The molecule has 3 heteroatoms. The fraction of sp³-hybridized carbons (Fsp3) is 0.273. The molecule has 0 saturated carbocycles. The third-order valence-corrected chi connectivity index (χ3v) is 2.38. The molecule has 0 aliphatic rings. The van der Waals surface area contributed by atoms with Gasteiger partial charge in [-0.15, -0.1) is 12.3 Å². The summed E-state index contributed by atoms with van der Waals surface area (Å²) in [6.07, 6.45) is 5.76. The van der Waals surface area contributed by atoms with Crippen molar-refractivity contribution in [3.8, 4) is 12.3 Å². The predicted molar refractivity (Wildman–Crippen MR) is 59.7 cm³/mol. The van der Waals surface area contributed by atoms with Gasteiger partial charge in [-0.1, -0.05) is 23.7 Å². The van der Waals surface area contributed by atoms with Crippen molar-refractivity contribution in [2.45, 2.75) is 19.4 Å². The van der Waals surface area contributed by atoms with Gasteiger partial charge in [0.15, 0.2) is 0 Å². The van der Waals surface area contributed by atoms with E-state index in [1.54, 1.807) is 0 Å². The van der Waals surface area contributed by atoms with Gasteiger partial charge < -0.3 is 0 Å². The molecule has 14 heavy (non-hydrogen) atoms. The summed E-state index contributed by atoms with van der Waals surface area (Å²) >= 11 is 6.07. The van der Waals surface area contributed by atoms with Crippen molar-refractivity contribution >= 4 is 11.6 Å². The number of nitrogens with one attached hydrogen (secondary N) is 1. The van der Waals surface area contributed by atoms with Crippen LogP contribution in [-0.4, -0.2) is 0 Å². The topological polar surface area (TPSA) is 38.0 Å². The van der Waals surface area contributed by atoms with E-state index in [2.05, 4.69) is 11.3 Å². The van der Waals surface area contributed by atoms with E-state index >= 15 is 0 Å². The minimum atomic E-state index is -0.0758. The molecule has 1 aromatic carbocycles. The number of aryl methyl sites for hydroxylation is 1. The van der Waals surface area contributed by atoms with Crippen LogP contribution >= 0.6 is 11.6 Å².